The maximum atomic E-state index is 10.3. The summed E-state index contributed by atoms with van der Waals surface area (Å²) < 4.78 is 0. The molecule has 1 saturated carbocycles. The normalized spacial score (nSPS) is 18.3. The van der Waals surface area contributed by atoms with Crippen molar-refractivity contribution in [3.63, 3.8) is 0 Å². The second-order valence-corrected chi connectivity index (χ2v) is 5.28. The Labute approximate surface area is 104 Å². The lowest BCUT2D eigenvalue weighted by molar-refractivity contribution is 0.0615. The van der Waals surface area contributed by atoms with Crippen LogP contribution < -0.4 is 5.32 Å². The van der Waals surface area contributed by atoms with Gasteiger partial charge in [0.2, 0.25) is 0 Å². The molecule has 0 radical (unpaired) electrons. The molecule has 0 bridgehead atoms. The second kappa shape index (κ2) is 5.09. The van der Waals surface area contributed by atoms with Crippen LogP contribution in [0.4, 0.5) is 5.69 Å². The fourth-order valence-corrected chi connectivity index (χ4v) is 2.64. The Morgan fingerprint density at radius 2 is 2.00 bits per heavy atom. The van der Waals surface area contributed by atoms with E-state index in [4.69, 9.17) is 0 Å². The lowest BCUT2D eigenvalue weighted by Gasteiger charge is -2.23. The van der Waals surface area contributed by atoms with Crippen LogP contribution in [0.5, 0.6) is 0 Å². The molecule has 2 heteroatoms. The fraction of sp³-hybridized carbons (Fsp3) is 0.600. The summed E-state index contributed by atoms with van der Waals surface area (Å²) in [4.78, 5) is 0. The van der Waals surface area contributed by atoms with Gasteiger partial charge in [-0.25, -0.2) is 0 Å². The standard InChI is InChI=1S/C15H23NO/c1-3-13-10-14(7-6-12(13)2)16-11-15(17)8-4-5-9-15/h6-7,10,16-17H,3-5,8-9,11H2,1-2H3. The number of nitrogens with one attached hydrogen (secondary N) is 1. The van der Waals surface area contributed by atoms with Crippen LogP contribution in [-0.2, 0) is 6.42 Å². The van der Waals surface area contributed by atoms with E-state index in [0.29, 0.717) is 6.54 Å². The van der Waals surface area contributed by atoms with Crippen LogP contribution in [0.1, 0.15) is 43.7 Å². The predicted octanol–water partition coefficient (Wildman–Crippen LogP) is 3.27. The zero-order valence-electron chi connectivity index (χ0n) is 10.9. The zero-order valence-corrected chi connectivity index (χ0v) is 10.9. The van der Waals surface area contributed by atoms with Crippen LogP contribution in [0.3, 0.4) is 0 Å². The molecule has 2 rings (SSSR count). The summed E-state index contributed by atoms with van der Waals surface area (Å²) in [5, 5.41) is 13.7. The van der Waals surface area contributed by atoms with E-state index in [1.54, 1.807) is 0 Å². The van der Waals surface area contributed by atoms with Gasteiger partial charge in [0, 0.05) is 12.2 Å². The zero-order chi connectivity index (χ0) is 12.3. The van der Waals surface area contributed by atoms with Crippen LogP contribution in [0.25, 0.3) is 0 Å². The summed E-state index contributed by atoms with van der Waals surface area (Å²) in [5.41, 5.74) is 3.39. The van der Waals surface area contributed by atoms with Gasteiger partial charge in [-0.05, 0) is 49.4 Å². The van der Waals surface area contributed by atoms with Crippen molar-refractivity contribution in [3.8, 4) is 0 Å². The summed E-state index contributed by atoms with van der Waals surface area (Å²) in [6.45, 7) is 5.00. The number of aryl methyl sites for hydroxylation is 2. The molecule has 0 aromatic heterocycles. The van der Waals surface area contributed by atoms with Crippen molar-refractivity contribution in [3.05, 3.63) is 29.3 Å². The Hall–Kier alpha value is -1.02. The van der Waals surface area contributed by atoms with Crippen LogP contribution in [0, 0.1) is 6.92 Å². The molecular weight excluding hydrogens is 210 g/mol. The number of aliphatic hydroxyl groups is 1. The van der Waals surface area contributed by atoms with Gasteiger partial charge in [0.1, 0.15) is 0 Å². The van der Waals surface area contributed by atoms with E-state index in [2.05, 4.69) is 37.4 Å². The summed E-state index contributed by atoms with van der Waals surface area (Å²) in [5.74, 6) is 0. The van der Waals surface area contributed by atoms with Gasteiger partial charge in [0.05, 0.1) is 5.60 Å². The van der Waals surface area contributed by atoms with E-state index < -0.39 is 5.60 Å². The van der Waals surface area contributed by atoms with Crippen molar-refractivity contribution in [1.82, 2.24) is 0 Å². The molecule has 2 nitrogen and oxygen atoms in total. The monoisotopic (exact) mass is 233 g/mol. The van der Waals surface area contributed by atoms with Gasteiger partial charge in [0.15, 0.2) is 0 Å². The first-order valence-corrected chi connectivity index (χ1v) is 6.69. The summed E-state index contributed by atoms with van der Waals surface area (Å²) in [6, 6.07) is 6.46. The van der Waals surface area contributed by atoms with Crippen molar-refractivity contribution >= 4 is 5.69 Å². The minimum Gasteiger partial charge on any atom is -0.388 e. The average Bonchev–Trinajstić information content (AvgIpc) is 2.76. The van der Waals surface area contributed by atoms with Crippen LogP contribution in [-0.4, -0.2) is 17.3 Å². The van der Waals surface area contributed by atoms with E-state index in [1.165, 1.54) is 11.1 Å². The van der Waals surface area contributed by atoms with E-state index in [-0.39, 0.29) is 0 Å². The molecule has 0 heterocycles. The molecule has 0 amide bonds. The molecule has 1 aliphatic rings. The lowest BCUT2D eigenvalue weighted by Crippen LogP contribution is -2.33. The van der Waals surface area contributed by atoms with Crippen LogP contribution in [0.15, 0.2) is 18.2 Å². The average molecular weight is 233 g/mol. The van der Waals surface area contributed by atoms with Crippen molar-refractivity contribution in [2.75, 3.05) is 11.9 Å². The molecular formula is C15H23NO. The van der Waals surface area contributed by atoms with Gasteiger partial charge in [0.25, 0.3) is 0 Å². The summed E-state index contributed by atoms with van der Waals surface area (Å²) in [6.07, 6.45) is 5.25. The number of benzene rings is 1. The third-order valence-corrected chi connectivity index (χ3v) is 3.89. The Morgan fingerprint density at radius 3 is 2.65 bits per heavy atom. The Balaban J connectivity index is 1.99. The number of hydrogen-bond donors (Lipinski definition) is 2. The maximum absolute atomic E-state index is 10.3. The maximum Gasteiger partial charge on any atom is 0.0819 e. The molecule has 17 heavy (non-hydrogen) atoms. The first-order valence-electron chi connectivity index (χ1n) is 6.69. The largest absolute Gasteiger partial charge is 0.388 e. The highest BCUT2D eigenvalue weighted by Crippen LogP contribution is 2.29. The van der Waals surface area contributed by atoms with Gasteiger partial charge < -0.3 is 10.4 Å². The van der Waals surface area contributed by atoms with Gasteiger partial charge in [-0.1, -0.05) is 25.8 Å². The molecule has 0 spiro atoms. The van der Waals surface area contributed by atoms with Crippen molar-refractivity contribution in [2.24, 2.45) is 0 Å². The van der Waals surface area contributed by atoms with Gasteiger partial charge in [-0.2, -0.15) is 0 Å². The summed E-state index contributed by atoms with van der Waals surface area (Å²) >= 11 is 0. The number of rotatable bonds is 4. The van der Waals surface area contributed by atoms with E-state index >= 15 is 0 Å². The SMILES string of the molecule is CCc1cc(NCC2(O)CCCC2)ccc1C. The molecule has 1 aliphatic carbocycles. The summed E-state index contributed by atoms with van der Waals surface area (Å²) in [7, 11) is 0. The van der Waals surface area contributed by atoms with Crippen molar-refractivity contribution in [2.45, 2.75) is 51.6 Å². The molecule has 1 aromatic carbocycles. The molecule has 0 aliphatic heterocycles. The molecule has 0 atom stereocenters. The van der Waals surface area contributed by atoms with Crippen LogP contribution in [0.2, 0.25) is 0 Å². The van der Waals surface area contributed by atoms with Crippen molar-refractivity contribution < 1.29 is 5.11 Å². The first kappa shape index (κ1) is 12.4. The van der Waals surface area contributed by atoms with Crippen LogP contribution >= 0.6 is 0 Å². The second-order valence-electron chi connectivity index (χ2n) is 5.28. The van der Waals surface area contributed by atoms with Gasteiger partial charge >= 0.3 is 0 Å². The molecule has 94 valence electrons. The Morgan fingerprint density at radius 1 is 1.29 bits per heavy atom. The molecule has 0 unspecified atom stereocenters. The van der Waals surface area contributed by atoms with E-state index in [0.717, 1.165) is 37.8 Å². The topological polar surface area (TPSA) is 32.3 Å². The smallest absolute Gasteiger partial charge is 0.0819 e. The highest BCUT2D eigenvalue weighted by Gasteiger charge is 2.30. The van der Waals surface area contributed by atoms with E-state index in [1.807, 2.05) is 0 Å². The van der Waals surface area contributed by atoms with Crippen molar-refractivity contribution in [1.29, 1.82) is 0 Å². The van der Waals surface area contributed by atoms with E-state index in [9.17, 15) is 5.11 Å². The predicted molar refractivity (Wildman–Crippen MR) is 72.5 cm³/mol. The lowest BCUT2D eigenvalue weighted by atomic mass is 10.0. The number of hydrogen-bond acceptors (Lipinski definition) is 2. The third-order valence-electron chi connectivity index (χ3n) is 3.89. The molecule has 1 fully saturated rings. The number of anilines is 1. The quantitative estimate of drug-likeness (QED) is 0.836. The fourth-order valence-electron chi connectivity index (χ4n) is 2.64. The molecule has 0 saturated heterocycles. The molecule has 2 N–H and O–H groups in total. The minimum absolute atomic E-state index is 0.475. The Kier molecular flexibility index (Phi) is 3.72. The molecule has 1 aromatic rings. The van der Waals surface area contributed by atoms with Gasteiger partial charge in [-0.3, -0.25) is 0 Å². The highest BCUT2D eigenvalue weighted by atomic mass is 16.3. The first-order chi connectivity index (χ1) is 8.13. The third kappa shape index (κ3) is 3.01. The Bertz CT molecular complexity index is 381. The minimum atomic E-state index is -0.475. The highest BCUT2D eigenvalue weighted by molar-refractivity contribution is 5.48. The van der Waals surface area contributed by atoms with Gasteiger partial charge in [-0.15, -0.1) is 0 Å².